The molecule has 126 valence electrons. The molecule has 3 atom stereocenters. The highest BCUT2D eigenvalue weighted by molar-refractivity contribution is 5.32. The monoisotopic (exact) mass is 316 g/mol. The van der Waals surface area contributed by atoms with Gasteiger partial charge in [0.15, 0.2) is 5.79 Å². The van der Waals surface area contributed by atoms with Crippen molar-refractivity contribution in [3.8, 4) is 23.7 Å². The molecule has 1 aliphatic rings. The second-order valence-corrected chi connectivity index (χ2v) is 6.05. The Bertz CT molecular complexity index is 510. The van der Waals surface area contributed by atoms with Crippen molar-refractivity contribution in [2.75, 3.05) is 0 Å². The maximum atomic E-state index is 10.3. The van der Waals surface area contributed by atoms with E-state index in [-0.39, 0.29) is 6.10 Å². The summed E-state index contributed by atoms with van der Waals surface area (Å²) >= 11 is 0. The van der Waals surface area contributed by atoms with E-state index in [1.54, 1.807) is 6.08 Å². The van der Waals surface area contributed by atoms with Gasteiger partial charge in [0.2, 0.25) is 0 Å². The minimum Gasteiger partial charge on any atom is -0.377 e. The fourth-order valence-corrected chi connectivity index (χ4v) is 2.52. The Kier molecular flexibility index (Phi) is 8.74. The first-order valence-electron chi connectivity index (χ1n) is 8.27. The highest BCUT2D eigenvalue weighted by Gasteiger charge is 2.43. The lowest BCUT2D eigenvalue weighted by Crippen LogP contribution is -2.34. The molecule has 1 aliphatic heterocycles. The Morgan fingerprint density at radius 2 is 2.00 bits per heavy atom. The second-order valence-electron chi connectivity index (χ2n) is 6.05. The SMILES string of the molecule is C=CCCCCCC1OC(C)(C)OC1C(O)C#CC#C/C=C/C. The van der Waals surface area contributed by atoms with Gasteiger partial charge < -0.3 is 14.6 Å². The van der Waals surface area contributed by atoms with Gasteiger partial charge in [-0.2, -0.15) is 0 Å². The summed E-state index contributed by atoms with van der Waals surface area (Å²) in [6.45, 7) is 9.35. The van der Waals surface area contributed by atoms with Crippen molar-refractivity contribution in [1.82, 2.24) is 0 Å². The van der Waals surface area contributed by atoms with Crippen LogP contribution in [-0.2, 0) is 9.47 Å². The summed E-state index contributed by atoms with van der Waals surface area (Å²) < 4.78 is 11.7. The van der Waals surface area contributed by atoms with Gasteiger partial charge >= 0.3 is 0 Å². The average molecular weight is 316 g/mol. The first-order chi connectivity index (χ1) is 11.0. The molecule has 3 nitrogen and oxygen atoms in total. The van der Waals surface area contributed by atoms with Crippen LogP contribution in [0.25, 0.3) is 0 Å². The Hall–Kier alpha value is -1.52. The molecule has 1 fully saturated rings. The van der Waals surface area contributed by atoms with Crippen LogP contribution in [0, 0.1) is 23.7 Å². The Labute approximate surface area is 140 Å². The lowest BCUT2D eigenvalue weighted by Gasteiger charge is -2.18. The maximum absolute atomic E-state index is 10.3. The van der Waals surface area contributed by atoms with E-state index in [1.165, 1.54) is 0 Å². The molecule has 1 heterocycles. The molecule has 0 aliphatic carbocycles. The van der Waals surface area contributed by atoms with Crippen molar-refractivity contribution in [2.24, 2.45) is 0 Å². The van der Waals surface area contributed by atoms with Crippen LogP contribution in [-0.4, -0.2) is 29.2 Å². The van der Waals surface area contributed by atoms with Gasteiger partial charge in [0.25, 0.3) is 0 Å². The predicted octanol–water partition coefficient (Wildman–Crippen LogP) is 3.59. The minimum absolute atomic E-state index is 0.137. The lowest BCUT2D eigenvalue weighted by molar-refractivity contribution is -0.152. The van der Waals surface area contributed by atoms with Crippen LogP contribution in [0.3, 0.4) is 0 Å². The molecule has 0 bridgehead atoms. The van der Waals surface area contributed by atoms with Crippen LogP contribution in [0.2, 0.25) is 0 Å². The standard InChI is InChI=1S/C20H28O3/c1-5-7-9-11-13-15-17(21)19-18(22-20(3,4)23-19)16-14-12-10-8-6-2/h5-7,17-19,21H,2,8,10,12,14,16H2,1,3-4H3/b7-5+. The molecular weight excluding hydrogens is 288 g/mol. The highest BCUT2D eigenvalue weighted by Crippen LogP contribution is 2.32. The van der Waals surface area contributed by atoms with E-state index >= 15 is 0 Å². The Morgan fingerprint density at radius 1 is 1.22 bits per heavy atom. The van der Waals surface area contributed by atoms with Gasteiger partial charge in [-0.3, -0.25) is 0 Å². The third-order valence-electron chi connectivity index (χ3n) is 3.53. The molecule has 1 N–H and O–H groups in total. The van der Waals surface area contributed by atoms with Crippen LogP contribution in [0.15, 0.2) is 24.8 Å². The quantitative estimate of drug-likeness (QED) is 0.443. The minimum atomic E-state index is -0.894. The van der Waals surface area contributed by atoms with E-state index in [1.807, 2.05) is 32.9 Å². The molecule has 0 aromatic rings. The van der Waals surface area contributed by atoms with Crippen LogP contribution in [0.5, 0.6) is 0 Å². The normalized spacial score (nSPS) is 23.7. The number of aliphatic hydroxyl groups excluding tert-OH is 1. The maximum Gasteiger partial charge on any atom is 0.163 e. The number of ether oxygens (including phenoxy) is 2. The topological polar surface area (TPSA) is 38.7 Å². The number of allylic oxidation sites excluding steroid dienone is 3. The van der Waals surface area contributed by atoms with Gasteiger partial charge in [0.1, 0.15) is 12.2 Å². The largest absolute Gasteiger partial charge is 0.377 e. The van der Waals surface area contributed by atoms with Gasteiger partial charge in [0.05, 0.1) is 6.10 Å². The first-order valence-corrected chi connectivity index (χ1v) is 8.27. The number of aliphatic hydroxyl groups is 1. The summed E-state index contributed by atoms with van der Waals surface area (Å²) in [7, 11) is 0. The summed E-state index contributed by atoms with van der Waals surface area (Å²) in [6, 6.07) is 0. The molecule has 0 radical (unpaired) electrons. The van der Waals surface area contributed by atoms with E-state index in [4.69, 9.17) is 9.47 Å². The molecule has 1 saturated heterocycles. The zero-order chi connectivity index (χ0) is 17.1. The molecule has 0 aromatic heterocycles. The smallest absolute Gasteiger partial charge is 0.163 e. The lowest BCUT2D eigenvalue weighted by atomic mass is 10.0. The summed E-state index contributed by atoms with van der Waals surface area (Å²) in [6.07, 6.45) is 9.21. The van der Waals surface area contributed by atoms with Crippen molar-refractivity contribution < 1.29 is 14.6 Å². The zero-order valence-electron chi connectivity index (χ0n) is 14.5. The van der Waals surface area contributed by atoms with E-state index in [2.05, 4.69) is 30.3 Å². The van der Waals surface area contributed by atoms with Gasteiger partial charge in [-0.15, -0.1) is 6.58 Å². The average Bonchev–Trinajstić information content (AvgIpc) is 2.82. The van der Waals surface area contributed by atoms with Crippen LogP contribution in [0.1, 0.15) is 52.9 Å². The molecule has 0 saturated carbocycles. The van der Waals surface area contributed by atoms with Crippen molar-refractivity contribution in [3.05, 3.63) is 24.8 Å². The molecular formula is C20H28O3. The molecule has 0 amide bonds. The van der Waals surface area contributed by atoms with E-state index in [0.29, 0.717) is 0 Å². The summed E-state index contributed by atoms with van der Waals surface area (Å²) in [4.78, 5) is 0. The van der Waals surface area contributed by atoms with E-state index < -0.39 is 18.0 Å². The van der Waals surface area contributed by atoms with Crippen molar-refractivity contribution >= 4 is 0 Å². The zero-order valence-corrected chi connectivity index (χ0v) is 14.5. The third kappa shape index (κ3) is 7.53. The number of rotatable bonds is 7. The summed E-state index contributed by atoms with van der Waals surface area (Å²) in [5.41, 5.74) is 0. The van der Waals surface area contributed by atoms with Crippen molar-refractivity contribution in [1.29, 1.82) is 0 Å². The van der Waals surface area contributed by atoms with E-state index in [0.717, 1.165) is 32.1 Å². The summed E-state index contributed by atoms with van der Waals surface area (Å²) in [5.74, 6) is 10.2. The van der Waals surface area contributed by atoms with Crippen LogP contribution in [0.4, 0.5) is 0 Å². The molecule has 3 heteroatoms. The van der Waals surface area contributed by atoms with Crippen molar-refractivity contribution in [3.63, 3.8) is 0 Å². The first kappa shape index (κ1) is 19.5. The van der Waals surface area contributed by atoms with Crippen LogP contribution < -0.4 is 0 Å². The van der Waals surface area contributed by atoms with E-state index in [9.17, 15) is 5.11 Å². The summed E-state index contributed by atoms with van der Waals surface area (Å²) in [5, 5.41) is 10.3. The van der Waals surface area contributed by atoms with Gasteiger partial charge in [-0.25, -0.2) is 0 Å². The van der Waals surface area contributed by atoms with Gasteiger partial charge in [0, 0.05) is 0 Å². The molecule has 0 spiro atoms. The molecule has 3 unspecified atom stereocenters. The predicted molar refractivity (Wildman–Crippen MR) is 93.5 cm³/mol. The fourth-order valence-electron chi connectivity index (χ4n) is 2.52. The Morgan fingerprint density at radius 3 is 2.70 bits per heavy atom. The molecule has 0 aromatic carbocycles. The molecule has 23 heavy (non-hydrogen) atoms. The van der Waals surface area contributed by atoms with Gasteiger partial charge in [-0.1, -0.05) is 36.8 Å². The second kappa shape index (κ2) is 10.3. The fraction of sp³-hybridized carbons (Fsp3) is 0.600. The molecule has 1 rings (SSSR count). The van der Waals surface area contributed by atoms with Crippen molar-refractivity contribution in [2.45, 2.75) is 77.0 Å². The van der Waals surface area contributed by atoms with Gasteiger partial charge in [-0.05, 0) is 58.0 Å². The van der Waals surface area contributed by atoms with Crippen LogP contribution >= 0.6 is 0 Å². The number of unbranched alkanes of at least 4 members (excludes halogenated alkanes) is 3. The number of hydrogen-bond acceptors (Lipinski definition) is 3. The third-order valence-corrected chi connectivity index (χ3v) is 3.53. The Balaban J connectivity index is 2.58. The number of hydrogen-bond donors (Lipinski definition) is 1. The highest BCUT2D eigenvalue weighted by atomic mass is 16.8.